The van der Waals surface area contributed by atoms with E-state index in [9.17, 15) is 43.2 Å². The number of hydrogen-bond acceptors (Lipinski definition) is 15. The summed E-state index contributed by atoms with van der Waals surface area (Å²) >= 11 is 0. The molecular weight excluding hydrogens is 1280 g/mol. The van der Waals surface area contributed by atoms with Crippen LogP contribution in [-0.4, -0.2) is 96.7 Å². The summed E-state index contributed by atoms with van der Waals surface area (Å²) in [6.45, 7) is 11.9. The van der Waals surface area contributed by atoms with Gasteiger partial charge in [0.2, 0.25) is 0 Å². The van der Waals surface area contributed by atoms with E-state index >= 15 is 0 Å². The predicted molar refractivity (Wildman–Crippen MR) is 400 cm³/mol. The average molecular weight is 1440 g/mol. The number of aliphatic hydroxyl groups excluding tert-OH is 1. The van der Waals surface area contributed by atoms with Crippen molar-refractivity contribution in [2.45, 2.75) is 426 Å². The first-order valence-corrected chi connectivity index (χ1v) is 43.8. The largest absolute Gasteiger partial charge is 0.472 e. The van der Waals surface area contributed by atoms with E-state index in [1.807, 2.05) is 0 Å². The van der Waals surface area contributed by atoms with Crippen LogP contribution >= 0.6 is 15.6 Å². The average Bonchev–Trinajstić information content (AvgIpc) is 1.01. The number of phosphoric ester groups is 2. The van der Waals surface area contributed by atoms with Gasteiger partial charge in [0, 0.05) is 25.7 Å². The van der Waals surface area contributed by atoms with Crippen LogP contribution in [0.3, 0.4) is 0 Å². The summed E-state index contributed by atoms with van der Waals surface area (Å²) < 4.78 is 68.6. The van der Waals surface area contributed by atoms with Gasteiger partial charge in [0.25, 0.3) is 0 Å². The van der Waals surface area contributed by atoms with Crippen molar-refractivity contribution in [2.24, 2.45) is 17.8 Å². The van der Waals surface area contributed by atoms with Gasteiger partial charge in [-0.1, -0.05) is 357 Å². The Labute approximate surface area is 600 Å². The van der Waals surface area contributed by atoms with Crippen LogP contribution in [0, 0.1) is 17.8 Å². The molecule has 582 valence electrons. The van der Waals surface area contributed by atoms with Crippen molar-refractivity contribution in [2.75, 3.05) is 39.6 Å². The summed E-state index contributed by atoms with van der Waals surface area (Å²) in [5, 5.41) is 10.6. The van der Waals surface area contributed by atoms with Gasteiger partial charge in [0.15, 0.2) is 12.2 Å². The molecule has 0 aromatic carbocycles. The molecule has 0 spiro atoms. The molecule has 0 aromatic heterocycles. The van der Waals surface area contributed by atoms with Gasteiger partial charge in [-0.05, 0) is 43.4 Å². The van der Waals surface area contributed by atoms with Gasteiger partial charge in [-0.2, -0.15) is 0 Å². The van der Waals surface area contributed by atoms with Crippen LogP contribution in [0.5, 0.6) is 0 Å². The summed E-state index contributed by atoms with van der Waals surface area (Å²) in [5.41, 5.74) is 0. The van der Waals surface area contributed by atoms with Crippen molar-refractivity contribution in [1.82, 2.24) is 0 Å². The number of rotatable bonds is 77. The Hall–Kier alpha value is -1.94. The zero-order valence-electron chi connectivity index (χ0n) is 64.3. The predicted octanol–water partition coefficient (Wildman–Crippen LogP) is 23.4. The molecule has 0 rings (SSSR count). The second-order valence-corrected chi connectivity index (χ2v) is 32.8. The van der Waals surface area contributed by atoms with E-state index in [0.717, 1.165) is 108 Å². The lowest BCUT2D eigenvalue weighted by molar-refractivity contribution is -0.161. The lowest BCUT2D eigenvalue weighted by Gasteiger charge is -2.21. The van der Waals surface area contributed by atoms with Gasteiger partial charge >= 0.3 is 39.5 Å². The van der Waals surface area contributed by atoms with Gasteiger partial charge in [0.1, 0.15) is 19.3 Å². The highest BCUT2D eigenvalue weighted by molar-refractivity contribution is 7.47. The van der Waals surface area contributed by atoms with Crippen LogP contribution in [0.1, 0.15) is 408 Å². The molecule has 0 saturated carbocycles. The summed E-state index contributed by atoms with van der Waals surface area (Å²) in [4.78, 5) is 72.9. The third kappa shape index (κ3) is 72.4. The van der Waals surface area contributed by atoms with Crippen LogP contribution in [0.2, 0.25) is 0 Å². The number of unbranched alkanes of at least 4 members (excludes halogenated alkanes) is 45. The Morgan fingerprint density at radius 2 is 0.469 bits per heavy atom. The standard InChI is InChI=1S/C79H154O17P2/c1-8-9-10-11-12-13-14-15-20-24-27-30-39-46-53-60-76(81)89-66-74(95-78(83)62-55-48-41-31-28-25-22-19-17-16-18-21-23-26-29-36-43-50-57-70(2)3)68-93-97(85,86)91-64-73(80)65-92-98(87,88)94-69-75(96-79(84)63-56-49-42-35-33-38-45-52-59-72(6)7)67-90-77(82)61-54-47-40-34-32-37-44-51-58-71(4)5/h70-75,80H,8-69H2,1-7H3,(H,85,86)(H,87,88)/t73-,74-,75-/m1/s1. The molecule has 0 saturated heterocycles. The van der Waals surface area contributed by atoms with E-state index in [1.165, 1.54) is 218 Å². The number of carbonyl (C=O) groups is 4. The lowest BCUT2D eigenvalue weighted by Crippen LogP contribution is -2.30. The molecule has 2 unspecified atom stereocenters. The Kier molecular flexibility index (Phi) is 68.1. The Morgan fingerprint density at radius 3 is 0.694 bits per heavy atom. The SMILES string of the molecule is CCCCCCCCCCCCCCCCCC(=O)OC[C@H](COP(=O)(O)OC[C@@H](O)COP(=O)(O)OC[C@@H](COC(=O)CCCCCCCCCCC(C)C)OC(=O)CCCCCCCCCCC(C)C)OC(=O)CCCCCCCCCCCCCCCCCCCCC(C)C. The Bertz CT molecular complexity index is 1900. The highest BCUT2D eigenvalue weighted by atomic mass is 31.2. The van der Waals surface area contributed by atoms with Gasteiger partial charge in [-0.15, -0.1) is 0 Å². The third-order valence-corrected chi connectivity index (χ3v) is 20.3. The summed E-state index contributed by atoms with van der Waals surface area (Å²) in [6, 6.07) is 0. The number of phosphoric acid groups is 2. The van der Waals surface area contributed by atoms with Gasteiger partial charge < -0.3 is 33.8 Å². The molecule has 0 heterocycles. The molecule has 0 aliphatic rings. The van der Waals surface area contributed by atoms with Crippen LogP contribution < -0.4 is 0 Å². The number of ether oxygens (including phenoxy) is 4. The maximum atomic E-state index is 13.1. The van der Waals surface area contributed by atoms with Crippen molar-refractivity contribution in [3.8, 4) is 0 Å². The van der Waals surface area contributed by atoms with Crippen LogP contribution in [0.15, 0.2) is 0 Å². The zero-order valence-corrected chi connectivity index (χ0v) is 66.0. The zero-order chi connectivity index (χ0) is 72.3. The van der Waals surface area contributed by atoms with E-state index in [1.54, 1.807) is 0 Å². The van der Waals surface area contributed by atoms with Crippen molar-refractivity contribution in [3.05, 3.63) is 0 Å². The van der Waals surface area contributed by atoms with Crippen molar-refractivity contribution >= 4 is 39.5 Å². The van der Waals surface area contributed by atoms with Crippen molar-refractivity contribution in [3.63, 3.8) is 0 Å². The molecule has 3 N–H and O–H groups in total. The maximum Gasteiger partial charge on any atom is 0.472 e. The van der Waals surface area contributed by atoms with Gasteiger partial charge in [0.05, 0.1) is 26.4 Å². The molecule has 0 radical (unpaired) electrons. The minimum Gasteiger partial charge on any atom is -0.462 e. The number of carbonyl (C=O) groups excluding carboxylic acids is 4. The lowest BCUT2D eigenvalue weighted by atomic mass is 10.0. The Balaban J connectivity index is 5.21. The molecule has 0 bridgehead atoms. The fraction of sp³-hybridized carbons (Fsp3) is 0.949. The minimum atomic E-state index is -4.96. The van der Waals surface area contributed by atoms with Crippen LogP contribution in [-0.2, 0) is 65.4 Å². The highest BCUT2D eigenvalue weighted by Gasteiger charge is 2.30. The van der Waals surface area contributed by atoms with Gasteiger partial charge in [-0.25, -0.2) is 9.13 Å². The summed E-state index contributed by atoms with van der Waals surface area (Å²) in [6.07, 6.45) is 57.0. The molecule has 19 heteroatoms. The van der Waals surface area contributed by atoms with E-state index in [2.05, 4.69) is 48.5 Å². The first-order valence-electron chi connectivity index (χ1n) is 40.8. The smallest absolute Gasteiger partial charge is 0.462 e. The fourth-order valence-electron chi connectivity index (χ4n) is 12.1. The fourth-order valence-corrected chi connectivity index (χ4v) is 13.7. The van der Waals surface area contributed by atoms with E-state index in [4.69, 9.17) is 37.0 Å². The monoisotopic (exact) mass is 1440 g/mol. The van der Waals surface area contributed by atoms with Gasteiger partial charge in [-0.3, -0.25) is 37.3 Å². The van der Waals surface area contributed by atoms with E-state index < -0.39 is 97.5 Å². The van der Waals surface area contributed by atoms with Crippen molar-refractivity contribution < 1.29 is 80.2 Å². The van der Waals surface area contributed by atoms with Crippen molar-refractivity contribution in [1.29, 1.82) is 0 Å². The molecule has 17 nitrogen and oxygen atoms in total. The highest BCUT2D eigenvalue weighted by Crippen LogP contribution is 2.45. The molecule has 0 amide bonds. The molecular formula is C79H154O17P2. The quantitative estimate of drug-likeness (QED) is 0.0222. The summed E-state index contributed by atoms with van der Waals surface area (Å²) in [7, 11) is -9.92. The number of esters is 4. The molecule has 0 fully saturated rings. The normalized spacial score (nSPS) is 14.0. The van der Waals surface area contributed by atoms with E-state index in [-0.39, 0.29) is 25.7 Å². The topological polar surface area (TPSA) is 237 Å². The maximum absolute atomic E-state index is 13.1. The number of hydrogen-bond donors (Lipinski definition) is 3. The molecule has 0 aromatic rings. The molecule has 0 aliphatic heterocycles. The second kappa shape index (κ2) is 69.4. The van der Waals surface area contributed by atoms with Crippen LogP contribution in [0.4, 0.5) is 0 Å². The van der Waals surface area contributed by atoms with E-state index in [0.29, 0.717) is 25.7 Å². The minimum absolute atomic E-state index is 0.104. The third-order valence-electron chi connectivity index (χ3n) is 18.4. The first kappa shape index (κ1) is 96.1. The molecule has 0 aliphatic carbocycles. The second-order valence-electron chi connectivity index (χ2n) is 29.9. The number of aliphatic hydroxyl groups is 1. The first-order chi connectivity index (χ1) is 47.2. The summed E-state index contributed by atoms with van der Waals surface area (Å²) in [5.74, 6) is 0.149. The Morgan fingerprint density at radius 1 is 0.276 bits per heavy atom. The van der Waals surface area contributed by atoms with Crippen LogP contribution in [0.25, 0.3) is 0 Å². The molecule has 5 atom stereocenters. The molecule has 98 heavy (non-hydrogen) atoms.